The molecular formula is C14H15BrFN3O3. The van der Waals surface area contributed by atoms with Crippen LogP contribution in [0.3, 0.4) is 0 Å². The first-order valence-electron chi connectivity index (χ1n) is 6.76. The number of halogens is 2. The first kappa shape index (κ1) is 16.4. The third kappa shape index (κ3) is 3.44. The van der Waals surface area contributed by atoms with E-state index in [2.05, 4.69) is 20.9 Å². The van der Waals surface area contributed by atoms with Gasteiger partial charge in [0.15, 0.2) is 4.73 Å². The fourth-order valence-electron chi connectivity index (χ4n) is 1.98. The Hall–Kier alpha value is -1.96. The quantitative estimate of drug-likeness (QED) is 0.434. The van der Waals surface area contributed by atoms with Crippen molar-refractivity contribution >= 4 is 21.6 Å². The number of hydrogen-bond acceptors (Lipinski definition) is 4. The van der Waals surface area contributed by atoms with E-state index in [4.69, 9.17) is 4.74 Å². The normalized spacial score (nSPS) is 10.7. The van der Waals surface area contributed by atoms with E-state index in [1.165, 1.54) is 10.6 Å². The minimum Gasteiger partial charge on any atom is -0.493 e. The van der Waals surface area contributed by atoms with Gasteiger partial charge in [-0.05, 0) is 29.3 Å². The van der Waals surface area contributed by atoms with Gasteiger partial charge >= 0.3 is 5.69 Å². The molecule has 6 nitrogen and oxygen atoms in total. The Balaban J connectivity index is 2.53. The Morgan fingerprint density at radius 1 is 1.50 bits per heavy atom. The van der Waals surface area contributed by atoms with Crippen LogP contribution in [0.2, 0.25) is 0 Å². The van der Waals surface area contributed by atoms with Gasteiger partial charge in [-0.3, -0.25) is 14.7 Å². The molecule has 0 atom stereocenters. The number of imidazole rings is 1. The molecule has 0 aliphatic heterocycles. The van der Waals surface area contributed by atoms with E-state index < -0.39 is 16.4 Å². The Kier molecular flexibility index (Phi) is 5.12. The SMILES string of the molecule is CCCCOc1cc(F)c([N+](=O)[O-])c(-n2cc(C)nc2Br)c1. The lowest BCUT2D eigenvalue weighted by Gasteiger charge is -2.10. The van der Waals surface area contributed by atoms with E-state index in [1.807, 2.05) is 6.92 Å². The minimum atomic E-state index is -0.938. The molecule has 1 aromatic heterocycles. The zero-order valence-electron chi connectivity index (χ0n) is 12.2. The molecule has 0 N–H and O–H groups in total. The summed E-state index contributed by atoms with van der Waals surface area (Å²) < 4.78 is 21.4. The smallest absolute Gasteiger partial charge is 0.328 e. The number of benzene rings is 1. The molecule has 0 unspecified atom stereocenters. The van der Waals surface area contributed by atoms with Crippen LogP contribution in [-0.2, 0) is 0 Å². The zero-order chi connectivity index (χ0) is 16.3. The van der Waals surface area contributed by atoms with Crippen molar-refractivity contribution in [3.8, 4) is 11.4 Å². The molecule has 118 valence electrons. The molecule has 0 aliphatic carbocycles. The van der Waals surface area contributed by atoms with Gasteiger partial charge in [0.2, 0.25) is 5.82 Å². The summed E-state index contributed by atoms with van der Waals surface area (Å²) in [5.74, 6) is -0.683. The van der Waals surface area contributed by atoms with Gasteiger partial charge in [-0.15, -0.1) is 0 Å². The molecule has 0 saturated carbocycles. The van der Waals surface area contributed by atoms with Gasteiger partial charge in [-0.1, -0.05) is 13.3 Å². The predicted molar refractivity (Wildman–Crippen MR) is 83.0 cm³/mol. The van der Waals surface area contributed by atoms with E-state index in [0.29, 0.717) is 17.0 Å². The molecule has 1 aromatic carbocycles. The summed E-state index contributed by atoms with van der Waals surface area (Å²) in [7, 11) is 0. The summed E-state index contributed by atoms with van der Waals surface area (Å²) in [6, 6.07) is 2.48. The fraction of sp³-hybridized carbons (Fsp3) is 0.357. The molecule has 0 aliphatic rings. The Bertz CT molecular complexity index is 703. The molecule has 0 spiro atoms. The van der Waals surface area contributed by atoms with Gasteiger partial charge in [0.25, 0.3) is 0 Å². The van der Waals surface area contributed by atoms with E-state index >= 15 is 0 Å². The number of nitro groups is 1. The molecular weight excluding hydrogens is 357 g/mol. The second kappa shape index (κ2) is 6.87. The molecule has 0 bridgehead atoms. The summed E-state index contributed by atoms with van der Waals surface area (Å²) in [5, 5.41) is 11.2. The van der Waals surface area contributed by atoms with Gasteiger partial charge in [0.05, 0.1) is 17.2 Å². The van der Waals surface area contributed by atoms with Crippen molar-refractivity contribution in [2.75, 3.05) is 6.61 Å². The topological polar surface area (TPSA) is 70.2 Å². The van der Waals surface area contributed by atoms with Gasteiger partial charge in [-0.25, -0.2) is 4.98 Å². The lowest BCUT2D eigenvalue weighted by atomic mass is 10.2. The number of aryl methyl sites for hydroxylation is 1. The van der Waals surface area contributed by atoms with Gasteiger partial charge < -0.3 is 4.74 Å². The van der Waals surface area contributed by atoms with Crippen molar-refractivity contribution in [1.82, 2.24) is 9.55 Å². The molecule has 0 amide bonds. The Labute approximate surface area is 135 Å². The lowest BCUT2D eigenvalue weighted by molar-refractivity contribution is -0.387. The van der Waals surface area contributed by atoms with Gasteiger partial charge in [0.1, 0.15) is 11.4 Å². The highest BCUT2D eigenvalue weighted by Crippen LogP contribution is 2.33. The predicted octanol–water partition coefficient (Wildman–Crippen LogP) is 4.17. The van der Waals surface area contributed by atoms with E-state index in [0.717, 1.165) is 18.9 Å². The van der Waals surface area contributed by atoms with Crippen LogP contribution in [0, 0.1) is 22.9 Å². The van der Waals surface area contributed by atoms with Crippen molar-refractivity contribution in [3.05, 3.63) is 44.7 Å². The molecule has 0 radical (unpaired) electrons. The lowest BCUT2D eigenvalue weighted by Crippen LogP contribution is -2.05. The maximum Gasteiger partial charge on any atom is 0.328 e. The summed E-state index contributed by atoms with van der Waals surface area (Å²) in [6.45, 7) is 4.18. The third-order valence-corrected chi connectivity index (χ3v) is 3.57. The zero-order valence-corrected chi connectivity index (χ0v) is 13.8. The first-order chi connectivity index (χ1) is 10.4. The molecule has 22 heavy (non-hydrogen) atoms. The minimum absolute atomic E-state index is 0.0731. The first-order valence-corrected chi connectivity index (χ1v) is 7.56. The number of ether oxygens (including phenoxy) is 1. The summed E-state index contributed by atoms with van der Waals surface area (Å²) >= 11 is 3.22. The van der Waals surface area contributed by atoms with Crippen molar-refractivity contribution in [2.24, 2.45) is 0 Å². The van der Waals surface area contributed by atoms with Crippen LogP contribution in [0.5, 0.6) is 5.75 Å². The molecule has 8 heteroatoms. The summed E-state index contributed by atoms with van der Waals surface area (Å²) in [6.07, 6.45) is 3.35. The Morgan fingerprint density at radius 2 is 2.23 bits per heavy atom. The highest BCUT2D eigenvalue weighted by atomic mass is 79.9. The van der Waals surface area contributed by atoms with Crippen LogP contribution in [0.25, 0.3) is 5.69 Å². The monoisotopic (exact) mass is 371 g/mol. The van der Waals surface area contributed by atoms with Crippen molar-refractivity contribution in [2.45, 2.75) is 26.7 Å². The Morgan fingerprint density at radius 3 is 2.77 bits per heavy atom. The van der Waals surface area contributed by atoms with Crippen LogP contribution >= 0.6 is 15.9 Å². The second-order valence-electron chi connectivity index (χ2n) is 4.75. The van der Waals surface area contributed by atoms with Crippen molar-refractivity contribution in [3.63, 3.8) is 0 Å². The maximum atomic E-state index is 14.1. The number of unbranched alkanes of at least 4 members (excludes halogenated alkanes) is 1. The number of rotatable bonds is 6. The number of nitrogens with zero attached hydrogens (tertiary/aromatic N) is 3. The largest absolute Gasteiger partial charge is 0.493 e. The summed E-state index contributed by atoms with van der Waals surface area (Å²) in [5.41, 5.74) is 0.115. The average molecular weight is 372 g/mol. The molecule has 2 aromatic rings. The van der Waals surface area contributed by atoms with Gasteiger partial charge in [-0.2, -0.15) is 4.39 Å². The van der Waals surface area contributed by atoms with Crippen molar-refractivity contribution < 1.29 is 14.1 Å². The third-order valence-electron chi connectivity index (χ3n) is 3.01. The number of hydrogen-bond donors (Lipinski definition) is 0. The van der Waals surface area contributed by atoms with Crippen LogP contribution in [0.4, 0.5) is 10.1 Å². The molecule has 1 heterocycles. The van der Waals surface area contributed by atoms with Crippen LogP contribution in [-0.4, -0.2) is 21.1 Å². The fourth-order valence-corrected chi connectivity index (χ4v) is 2.55. The van der Waals surface area contributed by atoms with Crippen LogP contribution in [0.15, 0.2) is 23.1 Å². The average Bonchev–Trinajstić information content (AvgIpc) is 2.76. The van der Waals surface area contributed by atoms with E-state index in [1.54, 1.807) is 13.1 Å². The molecule has 2 rings (SSSR count). The highest BCUT2D eigenvalue weighted by molar-refractivity contribution is 9.10. The standard InChI is InChI=1S/C14H15BrFN3O3/c1-3-4-5-22-10-6-11(16)13(19(20)21)12(7-10)18-8-9(2)17-14(18)15/h6-8H,3-5H2,1-2H3. The van der Waals surface area contributed by atoms with Crippen LogP contribution in [0.1, 0.15) is 25.5 Å². The van der Waals surface area contributed by atoms with Crippen LogP contribution < -0.4 is 4.74 Å². The number of aromatic nitrogens is 2. The highest BCUT2D eigenvalue weighted by Gasteiger charge is 2.25. The second-order valence-corrected chi connectivity index (χ2v) is 5.46. The maximum absolute atomic E-state index is 14.1. The van der Waals surface area contributed by atoms with E-state index in [9.17, 15) is 14.5 Å². The van der Waals surface area contributed by atoms with Gasteiger partial charge in [0, 0.05) is 18.3 Å². The molecule has 0 saturated heterocycles. The van der Waals surface area contributed by atoms with Crippen molar-refractivity contribution in [1.29, 1.82) is 0 Å². The number of nitro benzene ring substituents is 1. The molecule has 0 fully saturated rings. The summed E-state index contributed by atoms with van der Waals surface area (Å²) in [4.78, 5) is 14.6. The van der Waals surface area contributed by atoms with E-state index in [-0.39, 0.29) is 11.4 Å².